The highest BCUT2D eigenvalue weighted by Crippen LogP contribution is 2.31. The fourth-order valence-electron chi connectivity index (χ4n) is 3.47. The smallest absolute Gasteiger partial charge is 0.164 e. The number of hydrogen-bond acceptors (Lipinski definition) is 3. The molecule has 1 heterocycles. The Bertz CT molecular complexity index is 1200. The van der Waals surface area contributed by atoms with Gasteiger partial charge in [0.2, 0.25) is 0 Å². The Balaban J connectivity index is 1.95. The van der Waals surface area contributed by atoms with E-state index < -0.39 is 0 Å². The summed E-state index contributed by atoms with van der Waals surface area (Å²) < 4.78 is 14.3. The van der Waals surface area contributed by atoms with Crippen LogP contribution in [-0.2, 0) is 0 Å². The topological polar surface area (TPSA) is 38.7 Å². The number of benzene rings is 3. The highest BCUT2D eigenvalue weighted by Gasteiger charge is 2.16. The predicted octanol–water partition coefficient (Wildman–Crippen LogP) is 7.38. The van der Waals surface area contributed by atoms with Crippen LogP contribution in [0.5, 0.6) is 0 Å². The lowest BCUT2D eigenvalue weighted by Crippen LogP contribution is -2.02. The SMILES string of the molecule is C/C=C(\C=C/CC)c1cc(F)ccc1-c1nc(-c2ccccc2)nc(-c2ccccc2)n1. The molecule has 0 spiro atoms. The van der Waals surface area contributed by atoms with E-state index in [0.29, 0.717) is 17.5 Å². The zero-order valence-corrected chi connectivity index (χ0v) is 18.2. The summed E-state index contributed by atoms with van der Waals surface area (Å²) in [5, 5.41) is 0. The molecule has 0 saturated heterocycles. The van der Waals surface area contributed by atoms with Crippen LogP contribution in [0.3, 0.4) is 0 Å². The van der Waals surface area contributed by atoms with E-state index in [4.69, 9.17) is 15.0 Å². The summed E-state index contributed by atoms with van der Waals surface area (Å²) in [5.74, 6) is 1.37. The fraction of sp³-hybridized carbons (Fsp3) is 0.107. The monoisotopic (exact) mass is 421 g/mol. The molecule has 0 saturated carbocycles. The largest absolute Gasteiger partial charge is 0.208 e. The average molecular weight is 422 g/mol. The van der Waals surface area contributed by atoms with Gasteiger partial charge in [-0.3, -0.25) is 0 Å². The molecule has 0 amide bonds. The van der Waals surface area contributed by atoms with Crippen LogP contribution in [0.15, 0.2) is 97.1 Å². The molecular weight excluding hydrogens is 397 g/mol. The number of halogens is 1. The molecule has 32 heavy (non-hydrogen) atoms. The van der Waals surface area contributed by atoms with Crippen molar-refractivity contribution in [2.45, 2.75) is 20.3 Å². The van der Waals surface area contributed by atoms with E-state index in [1.54, 1.807) is 12.1 Å². The van der Waals surface area contributed by atoms with Crippen LogP contribution in [0, 0.1) is 5.82 Å². The molecule has 4 aromatic rings. The highest BCUT2D eigenvalue weighted by molar-refractivity contribution is 5.84. The number of allylic oxidation sites excluding steroid dienone is 4. The van der Waals surface area contributed by atoms with E-state index in [1.165, 1.54) is 6.07 Å². The normalized spacial score (nSPS) is 11.8. The lowest BCUT2D eigenvalue weighted by Gasteiger charge is -2.13. The van der Waals surface area contributed by atoms with Gasteiger partial charge in [0.15, 0.2) is 17.5 Å². The molecule has 158 valence electrons. The second kappa shape index (κ2) is 9.92. The fourth-order valence-corrected chi connectivity index (χ4v) is 3.47. The van der Waals surface area contributed by atoms with Crippen LogP contribution in [0.4, 0.5) is 4.39 Å². The minimum absolute atomic E-state index is 0.298. The van der Waals surface area contributed by atoms with Crippen LogP contribution >= 0.6 is 0 Å². The maximum Gasteiger partial charge on any atom is 0.164 e. The molecule has 3 nitrogen and oxygen atoms in total. The minimum atomic E-state index is -0.298. The van der Waals surface area contributed by atoms with Gasteiger partial charge >= 0.3 is 0 Å². The van der Waals surface area contributed by atoms with Gasteiger partial charge in [-0.25, -0.2) is 19.3 Å². The zero-order valence-electron chi connectivity index (χ0n) is 18.2. The Morgan fingerprint density at radius 2 is 1.34 bits per heavy atom. The summed E-state index contributed by atoms with van der Waals surface area (Å²) in [5.41, 5.74) is 4.23. The molecule has 0 bridgehead atoms. The second-order valence-corrected chi connectivity index (χ2v) is 7.28. The van der Waals surface area contributed by atoms with Crippen molar-refractivity contribution < 1.29 is 4.39 Å². The van der Waals surface area contributed by atoms with Gasteiger partial charge in [-0.1, -0.05) is 85.8 Å². The van der Waals surface area contributed by atoms with Crippen molar-refractivity contribution in [2.75, 3.05) is 0 Å². The first-order valence-corrected chi connectivity index (χ1v) is 10.7. The van der Waals surface area contributed by atoms with Crippen molar-refractivity contribution in [3.05, 3.63) is 108 Å². The molecule has 0 N–H and O–H groups in total. The minimum Gasteiger partial charge on any atom is -0.208 e. The van der Waals surface area contributed by atoms with Crippen molar-refractivity contribution in [3.63, 3.8) is 0 Å². The molecule has 4 rings (SSSR count). The first-order valence-electron chi connectivity index (χ1n) is 10.7. The molecule has 0 unspecified atom stereocenters. The standard InChI is InChI=1S/C28H24FN3/c1-3-5-12-20(4-2)25-19-23(29)17-18-24(25)28-31-26(21-13-8-6-9-14-21)30-27(32-28)22-15-10-7-11-16-22/h4-19H,3H2,1-2H3/b12-5-,20-4+. The van der Waals surface area contributed by atoms with E-state index in [-0.39, 0.29) is 5.82 Å². The summed E-state index contributed by atoms with van der Waals surface area (Å²) >= 11 is 0. The van der Waals surface area contributed by atoms with Crippen LogP contribution in [0.1, 0.15) is 25.8 Å². The quantitative estimate of drug-likeness (QED) is 0.305. The Labute approximate surface area is 188 Å². The predicted molar refractivity (Wildman–Crippen MR) is 129 cm³/mol. The van der Waals surface area contributed by atoms with E-state index in [1.807, 2.05) is 79.7 Å². The van der Waals surface area contributed by atoms with Crippen molar-refractivity contribution >= 4 is 5.57 Å². The van der Waals surface area contributed by atoms with E-state index in [0.717, 1.165) is 34.2 Å². The Hall–Kier alpha value is -3.92. The van der Waals surface area contributed by atoms with E-state index in [9.17, 15) is 4.39 Å². The molecular formula is C28H24FN3. The molecule has 0 aliphatic rings. The third-order valence-corrected chi connectivity index (χ3v) is 5.08. The summed E-state index contributed by atoms with van der Waals surface area (Å²) in [6.45, 7) is 4.02. The van der Waals surface area contributed by atoms with Gasteiger partial charge < -0.3 is 0 Å². The van der Waals surface area contributed by atoms with Gasteiger partial charge in [0.05, 0.1) is 0 Å². The average Bonchev–Trinajstić information content (AvgIpc) is 2.85. The van der Waals surface area contributed by atoms with Crippen LogP contribution in [-0.4, -0.2) is 15.0 Å². The van der Waals surface area contributed by atoms with Gasteiger partial charge in [0.1, 0.15) is 5.82 Å². The summed E-state index contributed by atoms with van der Waals surface area (Å²) in [6, 6.07) is 24.4. The second-order valence-electron chi connectivity index (χ2n) is 7.28. The summed E-state index contributed by atoms with van der Waals surface area (Å²) in [4.78, 5) is 14.3. The molecule has 3 aromatic carbocycles. The highest BCUT2D eigenvalue weighted by atomic mass is 19.1. The van der Waals surface area contributed by atoms with Gasteiger partial charge in [0.25, 0.3) is 0 Å². The van der Waals surface area contributed by atoms with Crippen molar-refractivity contribution in [2.24, 2.45) is 0 Å². The molecule has 0 radical (unpaired) electrons. The third-order valence-electron chi connectivity index (χ3n) is 5.08. The lowest BCUT2D eigenvalue weighted by molar-refractivity contribution is 0.627. The molecule has 0 atom stereocenters. The summed E-state index contributed by atoms with van der Waals surface area (Å²) in [7, 11) is 0. The van der Waals surface area contributed by atoms with Crippen molar-refractivity contribution in [1.82, 2.24) is 15.0 Å². The van der Waals surface area contributed by atoms with Crippen molar-refractivity contribution in [3.8, 4) is 34.2 Å². The third kappa shape index (κ3) is 4.70. The van der Waals surface area contributed by atoms with E-state index >= 15 is 0 Å². The van der Waals surface area contributed by atoms with Gasteiger partial charge in [-0.05, 0) is 42.7 Å². The van der Waals surface area contributed by atoms with Crippen molar-refractivity contribution in [1.29, 1.82) is 0 Å². The van der Waals surface area contributed by atoms with Gasteiger partial charge in [-0.15, -0.1) is 0 Å². The molecule has 1 aromatic heterocycles. The lowest BCUT2D eigenvalue weighted by atomic mass is 9.97. The van der Waals surface area contributed by atoms with Crippen LogP contribution in [0.2, 0.25) is 0 Å². The molecule has 0 aliphatic heterocycles. The molecule has 0 fully saturated rings. The Morgan fingerprint density at radius 1 is 0.781 bits per heavy atom. The first kappa shape index (κ1) is 21.3. The number of hydrogen-bond donors (Lipinski definition) is 0. The van der Waals surface area contributed by atoms with Gasteiger partial charge in [-0.2, -0.15) is 0 Å². The summed E-state index contributed by atoms with van der Waals surface area (Å²) in [6.07, 6.45) is 6.93. The number of nitrogens with zero attached hydrogens (tertiary/aromatic N) is 3. The number of rotatable bonds is 6. The van der Waals surface area contributed by atoms with Crippen LogP contribution in [0.25, 0.3) is 39.7 Å². The maximum absolute atomic E-state index is 14.3. The Morgan fingerprint density at radius 3 is 1.88 bits per heavy atom. The van der Waals surface area contributed by atoms with E-state index in [2.05, 4.69) is 13.0 Å². The molecule has 4 heteroatoms. The maximum atomic E-state index is 14.3. The Kier molecular flexibility index (Phi) is 6.61. The zero-order chi connectivity index (χ0) is 22.3. The van der Waals surface area contributed by atoms with Gasteiger partial charge in [0, 0.05) is 16.7 Å². The molecule has 0 aliphatic carbocycles. The number of aromatic nitrogens is 3. The van der Waals surface area contributed by atoms with Crippen LogP contribution < -0.4 is 0 Å². The first-order chi connectivity index (χ1) is 15.7.